The van der Waals surface area contributed by atoms with Crippen molar-refractivity contribution in [3.05, 3.63) is 72.9 Å². The first-order valence-electron chi connectivity index (χ1n) is 7.37. The van der Waals surface area contributed by atoms with Gasteiger partial charge in [0.15, 0.2) is 0 Å². The van der Waals surface area contributed by atoms with Crippen molar-refractivity contribution >= 4 is 32.6 Å². The Labute approximate surface area is 127 Å². The third-order valence-corrected chi connectivity index (χ3v) is 4.24. The van der Waals surface area contributed by atoms with E-state index < -0.39 is 0 Å². The molecule has 0 aliphatic rings. The lowest BCUT2D eigenvalue weighted by Crippen LogP contribution is -1.93. The van der Waals surface area contributed by atoms with Gasteiger partial charge in [0.05, 0.1) is 16.7 Å². The molecule has 0 amide bonds. The van der Waals surface area contributed by atoms with E-state index in [2.05, 4.69) is 59.6 Å². The van der Waals surface area contributed by atoms with Crippen LogP contribution in [0.4, 0.5) is 0 Å². The second kappa shape index (κ2) is 4.25. The second-order valence-corrected chi connectivity index (χ2v) is 5.53. The zero-order valence-corrected chi connectivity index (χ0v) is 11.8. The quantitative estimate of drug-likeness (QED) is 0.402. The number of nitrogens with zero attached hydrogens (tertiary/aromatic N) is 2. The number of hydrogen-bond donors (Lipinski definition) is 0. The van der Waals surface area contributed by atoms with Gasteiger partial charge >= 0.3 is 0 Å². The smallest absolute Gasteiger partial charge is 0.0788 e. The Hall–Kier alpha value is -3.00. The zero-order valence-electron chi connectivity index (χ0n) is 11.8. The first-order valence-corrected chi connectivity index (χ1v) is 7.37. The minimum absolute atomic E-state index is 1.01. The molecule has 5 rings (SSSR count). The van der Waals surface area contributed by atoms with Crippen LogP contribution < -0.4 is 0 Å². The molecule has 0 saturated carbocycles. The van der Waals surface area contributed by atoms with Gasteiger partial charge < -0.3 is 0 Å². The molecule has 0 N–H and O–H groups in total. The third-order valence-electron chi connectivity index (χ3n) is 4.24. The SMILES string of the molecule is c1ccc(-c2nc3cccc4ncc5cccc2c5c43)cc1. The van der Waals surface area contributed by atoms with Gasteiger partial charge in [0.25, 0.3) is 0 Å². The fourth-order valence-electron chi connectivity index (χ4n) is 3.28. The molecule has 22 heavy (non-hydrogen) atoms. The maximum atomic E-state index is 4.94. The second-order valence-electron chi connectivity index (χ2n) is 5.53. The molecule has 0 aliphatic heterocycles. The van der Waals surface area contributed by atoms with Crippen LogP contribution in [-0.4, -0.2) is 9.97 Å². The Bertz CT molecular complexity index is 1110. The van der Waals surface area contributed by atoms with Gasteiger partial charge in [0.1, 0.15) is 0 Å². The van der Waals surface area contributed by atoms with E-state index >= 15 is 0 Å². The number of benzene rings is 3. The van der Waals surface area contributed by atoms with Crippen molar-refractivity contribution in [2.45, 2.75) is 0 Å². The lowest BCUT2D eigenvalue weighted by atomic mass is 9.97. The van der Waals surface area contributed by atoms with E-state index in [4.69, 9.17) is 4.98 Å². The third kappa shape index (κ3) is 1.49. The predicted octanol–water partition coefficient (Wildman–Crippen LogP) is 5.04. The first-order chi connectivity index (χ1) is 10.9. The topological polar surface area (TPSA) is 25.8 Å². The van der Waals surface area contributed by atoms with Crippen molar-refractivity contribution in [3.8, 4) is 11.3 Å². The molecule has 102 valence electrons. The van der Waals surface area contributed by atoms with Gasteiger partial charge in [0, 0.05) is 33.3 Å². The van der Waals surface area contributed by atoms with Crippen LogP contribution in [-0.2, 0) is 0 Å². The molecular formula is C20H12N2. The van der Waals surface area contributed by atoms with Crippen molar-refractivity contribution in [3.63, 3.8) is 0 Å². The van der Waals surface area contributed by atoms with Gasteiger partial charge in [-0.05, 0) is 12.1 Å². The molecule has 0 aliphatic carbocycles. The molecule has 0 atom stereocenters. The molecular weight excluding hydrogens is 268 g/mol. The van der Waals surface area contributed by atoms with Crippen molar-refractivity contribution in [2.75, 3.05) is 0 Å². The highest BCUT2D eigenvalue weighted by Crippen LogP contribution is 2.36. The van der Waals surface area contributed by atoms with E-state index in [0.29, 0.717) is 0 Å². The van der Waals surface area contributed by atoms with Gasteiger partial charge in [-0.3, -0.25) is 4.98 Å². The molecule has 0 unspecified atom stereocenters. The predicted molar refractivity (Wildman–Crippen MR) is 91.2 cm³/mol. The molecule has 5 aromatic rings. The summed E-state index contributed by atoms with van der Waals surface area (Å²) in [5, 5.41) is 4.78. The molecule has 0 spiro atoms. The van der Waals surface area contributed by atoms with Crippen LogP contribution in [0.1, 0.15) is 0 Å². The van der Waals surface area contributed by atoms with E-state index in [-0.39, 0.29) is 0 Å². The molecule has 2 heteroatoms. The summed E-state index contributed by atoms with van der Waals surface area (Å²) in [6.07, 6.45) is 1.96. The van der Waals surface area contributed by atoms with Crippen molar-refractivity contribution in [1.29, 1.82) is 0 Å². The fourth-order valence-corrected chi connectivity index (χ4v) is 3.28. The monoisotopic (exact) mass is 280 g/mol. The Kier molecular flexibility index (Phi) is 2.25. The van der Waals surface area contributed by atoms with Crippen LogP contribution in [0.2, 0.25) is 0 Å². The largest absolute Gasteiger partial charge is 0.256 e. The van der Waals surface area contributed by atoms with Crippen molar-refractivity contribution in [2.24, 2.45) is 0 Å². The number of hydrogen-bond acceptors (Lipinski definition) is 2. The minimum Gasteiger partial charge on any atom is -0.256 e. The Morgan fingerprint density at radius 3 is 2.36 bits per heavy atom. The van der Waals surface area contributed by atoms with Gasteiger partial charge in [0.2, 0.25) is 0 Å². The summed E-state index contributed by atoms with van der Waals surface area (Å²) in [6.45, 7) is 0. The summed E-state index contributed by atoms with van der Waals surface area (Å²) in [7, 11) is 0. The fraction of sp³-hybridized carbons (Fsp3) is 0. The molecule has 2 heterocycles. The number of rotatable bonds is 1. The number of aromatic nitrogens is 2. The molecule has 0 saturated heterocycles. The average molecular weight is 280 g/mol. The zero-order chi connectivity index (χ0) is 14.5. The molecule has 0 bridgehead atoms. The van der Waals surface area contributed by atoms with Crippen LogP contribution in [0, 0.1) is 0 Å². The Morgan fingerprint density at radius 1 is 0.636 bits per heavy atom. The summed E-state index contributed by atoms with van der Waals surface area (Å²) in [6, 6.07) is 22.9. The lowest BCUT2D eigenvalue weighted by molar-refractivity contribution is 1.40. The summed E-state index contributed by atoms with van der Waals surface area (Å²) in [5.41, 5.74) is 4.20. The number of pyridine rings is 2. The van der Waals surface area contributed by atoms with Crippen LogP contribution in [0.3, 0.4) is 0 Å². The molecule has 2 aromatic heterocycles. The standard InChI is InChI=1S/C20H12N2/c1-2-6-13(7-3-1)20-15-9-4-8-14-12-21-16-10-5-11-17(22-20)19(16)18(14)15/h1-12H. The van der Waals surface area contributed by atoms with E-state index in [9.17, 15) is 0 Å². The minimum atomic E-state index is 1.01. The van der Waals surface area contributed by atoms with E-state index in [0.717, 1.165) is 27.7 Å². The summed E-state index contributed by atoms with van der Waals surface area (Å²) >= 11 is 0. The van der Waals surface area contributed by atoms with E-state index in [1.807, 2.05) is 18.3 Å². The molecule has 3 aromatic carbocycles. The van der Waals surface area contributed by atoms with Crippen molar-refractivity contribution in [1.82, 2.24) is 9.97 Å². The Morgan fingerprint density at radius 2 is 1.45 bits per heavy atom. The molecule has 2 nitrogen and oxygen atoms in total. The van der Waals surface area contributed by atoms with Crippen LogP contribution in [0.25, 0.3) is 43.8 Å². The maximum Gasteiger partial charge on any atom is 0.0788 e. The average Bonchev–Trinajstić information content (AvgIpc) is 2.60. The summed E-state index contributed by atoms with van der Waals surface area (Å²) in [4.78, 5) is 9.51. The van der Waals surface area contributed by atoms with Crippen LogP contribution in [0.5, 0.6) is 0 Å². The lowest BCUT2D eigenvalue weighted by Gasteiger charge is -2.13. The van der Waals surface area contributed by atoms with Crippen LogP contribution in [0.15, 0.2) is 72.9 Å². The Balaban J connectivity index is 2.07. The van der Waals surface area contributed by atoms with Gasteiger partial charge in [-0.1, -0.05) is 54.6 Å². The highest BCUT2D eigenvalue weighted by atomic mass is 14.7. The van der Waals surface area contributed by atoms with Crippen molar-refractivity contribution < 1.29 is 0 Å². The summed E-state index contributed by atoms with van der Waals surface area (Å²) < 4.78 is 0. The van der Waals surface area contributed by atoms with E-state index in [1.165, 1.54) is 16.2 Å². The normalized spacial score (nSPS) is 11.6. The summed E-state index contributed by atoms with van der Waals surface area (Å²) in [5.74, 6) is 0. The highest BCUT2D eigenvalue weighted by Gasteiger charge is 2.14. The highest BCUT2D eigenvalue weighted by molar-refractivity contribution is 6.23. The van der Waals surface area contributed by atoms with Gasteiger partial charge in [-0.2, -0.15) is 0 Å². The molecule has 0 radical (unpaired) electrons. The van der Waals surface area contributed by atoms with Gasteiger partial charge in [-0.15, -0.1) is 0 Å². The first kappa shape index (κ1) is 11.6. The van der Waals surface area contributed by atoms with E-state index in [1.54, 1.807) is 0 Å². The maximum absolute atomic E-state index is 4.94. The molecule has 0 fully saturated rings. The van der Waals surface area contributed by atoms with Gasteiger partial charge in [-0.25, -0.2) is 4.98 Å². The van der Waals surface area contributed by atoms with Crippen LogP contribution >= 0.6 is 0 Å².